The molecule has 0 aliphatic carbocycles. The van der Waals surface area contributed by atoms with E-state index >= 15 is 0 Å². The molecule has 0 atom stereocenters. The van der Waals surface area contributed by atoms with E-state index in [4.69, 9.17) is 4.74 Å². The summed E-state index contributed by atoms with van der Waals surface area (Å²) in [6.45, 7) is 5.35. The fourth-order valence-electron chi connectivity index (χ4n) is 1.74. The van der Waals surface area contributed by atoms with Gasteiger partial charge in [-0.2, -0.15) is 0 Å². The zero-order chi connectivity index (χ0) is 17.0. The number of H-pyrrole nitrogens is 1. The van der Waals surface area contributed by atoms with E-state index in [0.717, 1.165) is 11.8 Å². The molecule has 23 heavy (non-hydrogen) atoms. The number of nitrogens with one attached hydrogen (secondary N) is 1. The van der Waals surface area contributed by atoms with Crippen LogP contribution in [0.15, 0.2) is 28.3 Å². The van der Waals surface area contributed by atoms with Crippen molar-refractivity contribution in [2.75, 3.05) is 0 Å². The van der Waals surface area contributed by atoms with Crippen LogP contribution in [-0.4, -0.2) is 32.2 Å². The molecule has 0 saturated heterocycles. The number of benzene rings is 1. The number of ether oxygens (including phenoxy) is 1. The van der Waals surface area contributed by atoms with Crippen LogP contribution in [0.5, 0.6) is 0 Å². The van der Waals surface area contributed by atoms with E-state index in [-0.39, 0.29) is 17.4 Å². The van der Waals surface area contributed by atoms with Gasteiger partial charge in [-0.05, 0) is 37.7 Å². The van der Waals surface area contributed by atoms with Gasteiger partial charge in [0.05, 0.1) is 21.5 Å². The van der Waals surface area contributed by atoms with Crippen molar-refractivity contribution in [1.29, 1.82) is 0 Å². The third-order valence-corrected chi connectivity index (χ3v) is 3.71. The summed E-state index contributed by atoms with van der Waals surface area (Å²) in [7, 11) is 0. The molecule has 122 valence electrons. The lowest BCUT2D eigenvalue weighted by Gasteiger charge is -2.08. The van der Waals surface area contributed by atoms with Crippen LogP contribution in [0.25, 0.3) is 0 Å². The quantitative estimate of drug-likeness (QED) is 0.490. The second-order valence-electron chi connectivity index (χ2n) is 4.91. The first-order valence-electron chi connectivity index (χ1n) is 6.99. The number of nitrogens with zero attached hydrogens (tertiary/aromatic N) is 3. The maximum atomic E-state index is 11.9. The molecular formula is C14H16N4O4S. The average Bonchev–Trinajstić information content (AvgIpc) is 2.94. The van der Waals surface area contributed by atoms with E-state index in [0.29, 0.717) is 22.3 Å². The molecule has 1 aromatic carbocycles. The Labute approximate surface area is 136 Å². The molecular weight excluding hydrogens is 320 g/mol. The molecule has 0 amide bonds. The van der Waals surface area contributed by atoms with Crippen LogP contribution in [0.1, 0.15) is 37.0 Å². The highest BCUT2D eigenvalue weighted by molar-refractivity contribution is 7.99. The number of carbonyl (C=O) groups is 1. The highest BCUT2D eigenvalue weighted by Crippen LogP contribution is 2.33. The van der Waals surface area contributed by atoms with Gasteiger partial charge in [0.15, 0.2) is 0 Å². The zero-order valence-electron chi connectivity index (χ0n) is 12.9. The van der Waals surface area contributed by atoms with Gasteiger partial charge in [-0.1, -0.05) is 6.92 Å². The standard InChI is InChI=1S/C14H16N4O4S/c1-4-12-15-14(17-16-12)23-11-6-5-9(7-10(11)18(20)21)13(19)22-8(2)3/h5-8H,4H2,1-3H3,(H,15,16,17). The number of hydrogen-bond acceptors (Lipinski definition) is 7. The Balaban J connectivity index is 2.29. The minimum absolute atomic E-state index is 0.138. The summed E-state index contributed by atoms with van der Waals surface area (Å²) in [5, 5.41) is 18.4. The van der Waals surface area contributed by atoms with Gasteiger partial charge in [0.1, 0.15) is 5.82 Å². The molecule has 0 aliphatic rings. The molecule has 0 radical (unpaired) electrons. The number of nitro groups is 1. The topological polar surface area (TPSA) is 111 Å². The molecule has 1 aromatic heterocycles. The lowest BCUT2D eigenvalue weighted by Crippen LogP contribution is -2.11. The molecule has 2 aromatic rings. The largest absolute Gasteiger partial charge is 0.459 e. The molecule has 8 nitrogen and oxygen atoms in total. The van der Waals surface area contributed by atoms with E-state index < -0.39 is 10.9 Å². The predicted molar refractivity (Wildman–Crippen MR) is 83.5 cm³/mol. The molecule has 1 N–H and O–H groups in total. The van der Waals surface area contributed by atoms with Gasteiger partial charge in [0.25, 0.3) is 5.69 Å². The van der Waals surface area contributed by atoms with Crippen molar-refractivity contribution in [3.05, 3.63) is 39.7 Å². The smallest absolute Gasteiger partial charge is 0.338 e. The lowest BCUT2D eigenvalue weighted by atomic mass is 10.2. The Morgan fingerprint density at radius 1 is 1.48 bits per heavy atom. The number of rotatable bonds is 6. The molecule has 0 unspecified atom stereocenters. The van der Waals surface area contributed by atoms with E-state index in [9.17, 15) is 14.9 Å². The summed E-state index contributed by atoms with van der Waals surface area (Å²) in [6, 6.07) is 4.20. The van der Waals surface area contributed by atoms with Crippen LogP contribution in [0, 0.1) is 10.1 Å². The lowest BCUT2D eigenvalue weighted by molar-refractivity contribution is -0.387. The number of aromatic amines is 1. The van der Waals surface area contributed by atoms with Gasteiger partial charge >= 0.3 is 5.97 Å². The summed E-state index contributed by atoms with van der Waals surface area (Å²) in [4.78, 5) is 27.1. The molecule has 0 spiro atoms. The van der Waals surface area contributed by atoms with E-state index in [1.54, 1.807) is 13.8 Å². The Morgan fingerprint density at radius 3 is 2.78 bits per heavy atom. The van der Waals surface area contributed by atoms with Crippen LogP contribution in [0.3, 0.4) is 0 Å². The summed E-state index contributed by atoms with van der Waals surface area (Å²) >= 11 is 1.07. The minimum atomic E-state index is -0.592. The van der Waals surface area contributed by atoms with Gasteiger partial charge in [-0.15, -0.1) is 5.10 Å². The van der Waals surface area contributed by atoms with Crippen LogP contribution in [-0.2, 0) is 11.2 Å². The second kappa shape index (κ2) is 7.23. The van der Waals surface area contributed by atoms with Crippen molar-refractivity contribution < 1.29 is 14.5 Å². The third kappa shape index (κ3) is 4.28. The number of aryl methyl sites for hydroxylation is 1. The van der Waals surface area contributed by atoms with Crippen molar-refractivity contribution >= 4 is 23.4 Å². The fraction of sp³-hybridized carbons (Fsp3) is 0.357. The Morgan fingerprint density at radius 2 is 2.22 bits per heavy atom. The number of carbonyl (C=O) groups excluding carboxylic acids is 1. The Bertz CT molecular complexity index is 729. The summed E-state index contributed by atoms with van der Waals surface area (Å²) in [5.74, 6) is 0.109. The summed E-state index contributed by atoms with van der Waals surface area (Å²) in [5.41, 5.74) is -0.0463. The highest BCUT2D eigenvalue weighted by Gasteiger charge is 2.21. The Kier molecular flexibility index (Phi) is 5.32. The molecule has 0 fully saturated rings. The summed E-state index contributed by atoms with van der Waals surface area (Å²) < 4.78 is 5.05. The first kappa shape index (κ1) is 16.9. The second-order valence-corrected chi connectivity index (χ2v) is 5.92. The third-order valence-electron chi connectivity index (χ3n) is 2.78. The van der Waals surface area contributed by atoms with E-state index in [2.05, 4.69) is 15.2 Å². The normalized spacial score (nSPS) is 10.8. The minimum Gasteiger partial charge on any atom is -0.459 e. The molecule has 2 rings (SSSR count). The first-order valence-corrected chi connectivity index (χ1v) is 7.81. The van der Waals surface area contributed by atoms with Crippen LogP contribution in [0.4, 0.5) is 5.69 Å². The monoisotopic (exact) mass is 336 g/mol. The SMILES string of the molecule is CCc1nc(Sc2ccc(C(=O)OC(C)C)cc2[N+](=O)[O-])n[nH]1. The average molecular weight is 336 g/mol. The van der Waals surface area contributed by atoms with Crippen LogP contribution in [0.2, 0.25) is 0 Å². The van der Waals surface area contributed by atoms with Gasteiger partial charge in [-0.25, -0.2) is 9.78 Å². The zero-order valence-corrected chi connectivity index (χ0v) is 13.7. The summed E-state index contributed by atoms with van der Waals surface area (Å²) in [6.07, 6.45) is 0.395. The van der Waals surface area contributed by atoms with Gasteiger partial charge in [-0.3, -0.25) is 15.2 Å². The maximum Gasteiger partial charge on any atom is 0.338 e. The Hall–Kier alpha value is -2.42. The first-order chi connectivity index (χ1) is 10.9. The van der Waals surface area contributed by atoms with E-state index in [1.807, 2.05) is 6.92 Å². The van der Waals surface area contributed by atoms with E-state index in [1.165, 1.54) is 18.2 Å². The van der Waals surface area contributed by atoms with Crippen molar-refractivity contribution in [3.8, 4) is 0 Å². The molecule has 0 aliphatic heterocycles. The number of aromatic nitrogens is 3. The van der Waals surface area contributed by atoms with Crippen molar-refractivity contribution in [2.45, 2.75) is 43.3 Å². The molecule has 9 heteroatoms. The van der Waals surface area contributed by atoms with Crippen molar-refractivity contribution in [3.63, 3.8) is 0 Å². The highest BCUT2D eigenvalue weighted by atomic mass is 32.2. The molecule has 0 bridgehead atoms. The predicted octanol–water partition coefficient (Wildman–Crippen LogP) is 2.99. The number of esters is 1. The maximum absolute atomic E-state index is 11.9. The molecule has 0 saturated carbocycles. The van der Waals surface area contributed by atoms with Gasteiger partial charge < -0.3 is 4.74 Å². The fourth-order valence-corrected chi connectivity index (χ4v) is 2.55. The van der Waals surface area contributed by atoms with Gasteiger partial charge in [0.2, 0.25) is 5.16 Å². The van der Waals surface area contributed by atoms with Crippen molar-refractivity contribution in [1.82, 2.24) is 15.2 Å². The number of nitro benzene ring substituents is 1. The van der Waals surface area contributed by atoms with Gasteiger partial charge in [0, 0.05) is 12.5 Å². The molecule has 1 heterocycles. The number of hydrogen-bond donors (Lipinski definition) is 1. The van der Waals surface area contributed by atoms with Crippen LogP contribution >= 0.6 is 11.8 Å². The van der Waals surface area contributed by atoms with Crippen LogP contribution < -0.4 is 0 Å². The van der Waals surface area contributed by atoms with Crippen molar-refractivity contribution in [2.24, 2.45) is 0 Å².